The van der Waals surface area contributed by atoms with Crippen LogP contribution >= 0.6 is 21.6 Å². The van der Waals surface area contributed by atoms with Gasteiger partial charge in [0.1, 0.15) is 0 Å². The van der Waals surface area contributed by atoms with Gasteiger partial charge in [-0.15, -0.1) is 0 Å². The Morgan fingerprint density at radius 2 is 1.83 bits per heavy atom. The first-order chi connectivity index (χ1) is 7.86. The third kappa shape index (κ3) is 2.36. The predicted molar refractivity (Wildman–Crippen MR) is 57.7 cm³/mol. The number of non-ortho nitro benzene ring substituents is 1. The van der Waals surface area contributed by atoms with Crippen molar-refractivity contribution >= 4 is 37.5 Å². The molecule has 0 bridgehead atoms. The quantitative estimate of drug-likeness (QED) is 0.452. The van der Waals surface area contributed by atoms with Crippen molar-refractivity contribution in [3.8, 4) is 0 Å². The van der Waals surface area contributed by atoms with Gasteiger partial charge < -0.3 is 0 Å². The summed E-state index contributed by atoms with van der Waals surface area (Å²) in [6.45, 7) is 0. The van der Waals surface area contributed by atoms with Crippen LogP contribution in [0.3, 0.4) is 0 Å². The van der Waals surface area contributed by atoms with Gasteiger partial charge in [0.2, 0.25) is 0 Å². The Balaban J connectivity index is 2.70. The van der Waals surface area contributed by atoms with Crippen LogP contribution in [0.4, 0.5) is 25.1 Å². The molecule has 0 saturated heterocycles. The minimum absolute atomic E-state index is 0.305. The van der Waals surface area contributed by atoms with Crippen LogP contribution in [-0.4, -0.2) is 9.91 Å². The van der Waals surface area contributed by atoms with Crippen LogP contribution in [-0.2, 0) is 0 Å². The molecule has 11 heteroatoms. The Bertz CT molecular complexity index is 665. The second-order valence-electron chi connectivity index (χ2n) is 3.36. The smallest absolute Gasteiger partial charge is 0.258 e. The fourth-order valence-electron chi connectivity index (χ4n) is 1.17. The van der Waals surface area contributed by atoms with E-state index in [0.717, 1.165) is 18.2 Å². The maximum absolute atomic E-state index is 12.5. The minimum Gasteiger partial charge on any atom is -0.258 e. The van der Waals surface area contributed by atoms with Gasteiger partial charge in [-0.2, -0.15) is 0 Å². The Morgan fingerprint density at radius 3 is 2.33 bits per heavy atom. The van der Waals surface area contributed by atoms with E-state index in [0.29, 0.717) is 0 Å². The molecule has 4 nitrogen and oxygen atoms in total. The van der Waals surface area contributed by atoms with E-state index in [2.05, 4.69) is 4.98 Å². The van der Waals surface area contributed by atoms with Gasteiger partial charge >= 0.3 is 10.2 Å². The molecule has 18 heavy (non-hydrogen) atoms. The van der Waals surface area contributed by atoms with Crippen LogP contribution in [0.5, 0.6) is 0 Å². The molecule has 1 aromatic carbocycles. The monoisotopic (exact) mass is 306 g/mol. The maximum Gasteiger partial charge on any atom is 0.334 e. The Kier molecular flexibility index (Phi) is 2.09. The van der Waals surface area contributed by atoms with Crippen molar-refractivity contribution in [3.63, 3.8) is 0 Å². The Morgan fingerprint density at radius 1 is 1.22 bits per heavy atom. The van der Waals surface area contributed by atoms with E-state index in [1.54, 1.807) is 0 Å². The standard InChI is InChI=1S/C7H3F5N2O2S2/c8-18(9,10,11,12)7-13-5-2-1-4(14(15)16)3-6(5)17-7/h1-3H. The van der Waals surface area contributed by atoms with E-state index in [1.165, 1.54) is 0 Å². The van der Waals surface area contributed by atoms with Crippen molar-refractivity contribution in [1.82, 2.24) is 4.98 Å². The molecule has 1 aromatic heterocycles. The second kappa shape index (κ2) is 2.91. The molecular weight excluding hydrogens is 303 g/mol. The highest BCUT2D eigenvalue weighted by Gasteiger charge is 2.68. The molecular formula is C7H3F5N2O2S2. The van der Waals surface area contributed by atoms with Crippen molar-refractivity contribution in [2.24, 2.45) is 0 Å². The zero-order valence-electron chi connectivity index (χ0n) is 8.15. The van der Waals surface area contributed by atoms with Crippen molar-refractivity contribution in [2.75, 3.05) is 0 Å². The van der Waals surface area contributed by atoms with Crippen LogP contribution in [0.25, 0.3) is 10.2 Å². The van der Waals surface area contributed by atoms with Gasteiger partial charge in [0.05, 0.1) is 15.1 Å². The highest BCUT2D eigenvalue weighted by Crippen LogP contribution is 3.02. The molecule has 0 saturated carbocycles. The summed E-state index contributed by atoms with van der Waals surface area (Å²) in [6, 6.07) is 2.58. The normalized spacial score (nSPS) is 16.3. The van der Waals surface area contributed by atoms with Crippen LogP contribution in [0, 0.1) is 10.1 Å². The van der Waals surface area contributed by atoms with E-state index in [9.17, 15) is 29.5 Å². The topological polar surface area (TPSA) is 56.0 Å². The van der Waals surface area contributed by atoms with Crippen LogP contribution in [0.15, 0.2) is 22.5 Å². The second-order valence-corrected chi connectivity index (χ2v) is 6.97. The zero-order chi connectivity index (χ0) is 13.8. The van der Waals surface area contributed by atoms with Crippen molar-refractivity contribution in [1.29, 1.82) is 0 Å². The molecule has 0 atom stereocenters. The lowest BCUT2D eigenvalue weighted by Crippen LogP contribution is -2.04. The molecule has 0 aliphatic carbocycles. The third-order valence-corrected chi connectivity index (χ3v) is 4.65. The summed E-state index contributed by atoms with van der Waals surface area (Å²) in [5.41, 5.74) is -0.839. The number of fused-ring (bicyclic) bond motifs is 1. The summed E-state index contributed by atoms with van der Waals surface area (Å²) in [6.07, 6.45) is 0. The fourth-order valence-corrected chi connectivity index (χ4v) is 3.07. The number of hydrogen-bond donors (Lipinski definition) is 0. The molecule has 0 radical (unpaired) electrons. The number of nitro benzene ring substituents is 1. The first kappa shape index (κ1) is 13.0. The molecule has 0 amide bonds. The maximum atomic E-state index is 12.5. The van der Waals surface area contributed by atoms with E-state index in [4.69, 9.17) is 0 Å². The average molecular weight is 306 g/mol. The van der Waals surface area contributed by atoms with E-state index < -0.39 is 25.2 Å². The molecule has 1 heterocycles. The van der Waals surface area contributed by atoms with Gasteiger partial charge in [-0.1, -0.05) is 30.8 Å². The van der Waals surface area contributed by atoms with Crippen molar-refractivity contribution in [2.45, 2.75) is 4.34 Å². The number of nitro groups is 1. The van der Waals surface area contributed by atoms with E-state index in [1.807, 2.05) is 0 Å². The highest BCUT2D eigenvalue weighted by molar-refractivity contribution is 8.46. The van der Waals surface area contributed by atoms with Gasteiger partial charge in [0, 0.05) is 12.1 Å². The summed E-state index contributed by atoms with van der Waals surface area (Å²) in [5.74, 6) is 0. The minimum atomic E-state index is -9.83. The largest absolute Gasteiger partial charge is 0.334 e. The van der Waals surface area contributed by atoms with E-state index >= 15 is 0 Å². The van der Waals surface area contributed by atoms with Crippen LogP contribution in [0.2, 0.25) is 0 Å². The number of hydrogen-bond acceptors (Lipinski definition) is 4. The Labute approximate surface area is 99.9 Å². The summed E-state index contributed by atoms with van der Waals surface area (Å²) >= 11 is -0.305. The zero-order valence-corrected chi connectivity index (χ0v) is 9.78. The first-order valence-corrected chi connectivity index (χ1v) is 6.93. The lowest BCUT2D eigenvalue weighted by molar-refractivity contribution is -0.384. The number of rotatable bonds is 2. The van der Waals surface area contributed by atoms with Crippen molar-refractivity contribution < 1.29 is 24.4 Å². The Hall–Kier alpha value is -1.49. The number of thiazole rings is 1. The number of halogens is 5. The highest BCUT2D eigenvalue weighted by atomic mass is 32.5. The lowest BCUT2D eigenvalue weighted by Gasteiger charge is -2.37. The third-order valence-electron chi connectivity index (χ3n) is 1.89. The van der Waals surface area contributed by atoms with Gasteiger partial charge in [-0.3, -0.25) is 10.1 Å². The molecule has 0 fully saturated rings. The van der Waals surface area contributed by atoms with E-state index in [-0.39, 0.29) is 21.6 Å². The lowest BCUT2D eigenvalue weighted by atomic mass is 10.3. The summed E-state index contributed by atoms with van der Waals surface area (Å²) in [7, 11) is -9.83. The molecule has 0 aliphatic heterocycles. The first-order valence-electron chi connectivity index (χ1n) is 4.16. The SMILES string of the molecule is O=[N+]([O-])c1ccc2nc(S(F)(F)(F)(F)F)sc2c1. The molecule has 0 unspecified atom stereocenters. The molecule has 0 N–H and O–H groups in total. The van der Waals surface area contributed by atoms with Crippen molar-refractivity contribution in [3.05, 3.63) is 28.3 Å². The number of nitrogens with zero attached hydrogens (tertiary/aromatic N) is 2. The summed E-state index contributed by atoms with van der Waals surface area (Å²) in [4.78, 5) is 12.4. The van der Waals surface area contributed by atoms with Gasteiger partial charge in [0.15, 0.2) is 0 Å². The molecule has 100 valence electrons. The molecule has 2 aromatic rings. The van der Waals surface area contributed by atoms with Gasteiger partial charge in [-0.05, 0) is 6.07 Å². The van der Waals surface area contributed by atoms with Gasteiger partial charge in [0.25, 0.3) is 10.0 Å². The van der Waals surface area contributed by atoms with Gasteiger partial charge in [-0.25, -0.2) is 4.98 Å². The number of benzene rings is 1. The average Bonchev–Trinajstić information content (AvgIpc) is 2.57. The molecule has 2 rings (SSSR count). The molecule has 0 aliphatic rings. The number of aromatic nitrogens is 1. The molecule has 0 spiro atoms. The fraction of sp³-hybridized carbons (Fsp3) is 0. The predicted octanol–water partition coefficient (Wildman–Crippen LogP) is 4.86. The van der Waals surface area contributed by atoms with Crippen LogP contribution < -0.4 is 0 Å². The summed E-state index contributed by atoms with van der Waals surface area (Å²) < 4.78 is 59.7. The van der Waals surface area contributed by atoms with Crippen LogP contribution in [0.1, 0.15) is 0 Å². The summed E-state index contributed by atoms with van der Waals surface area (Å²) in [5, 5.41) is 10.4.